The van der Waals surface area contributed by atoms with E-state index in [9.17, 15) is 5.11 Å². The largest absolute Gasteiger partial charge is 0.394 e. The molecule has 24 heavy (non-hydrogen) atoms. The topological polar surface area (TPSA) is 38.7 Å². The number of aliphatic hydroxyl groups excluding tert-OH is 1. The zero-order chi connectivity index (χ0) is 16.8. The zero-order valence-electron chi connectivity index (χ0n) is 13.5. The van der Waals surface area contributed by atoms with Gasteiger partial charge in [-0.15, -0.1) is 0 Å². The number of benzene rings is 2. The lowest BCUT2D eigenvalue weighted by molar-refractivity contribution is -0.0972. The summed E-state index contributed by atoms with van der Waals surface area (Å²) in [5.41, 5.74) is 3.03. The standard InChI is InChI=1S/C21H22O3/c1-16(17-8-4-2-5-9-17)15-23-20-13-12-19(24-21(20)14-22)18-10-6-3-7-11-18/h2-13,19-22H,1,14-15H2/t19-,20+,21+/m0/s1. The summed E-state index contributed by atoms with van der Waals surface area (Å²) in [6.07, 6.45) is 3.14. The first kappa shape index (κ1) is 16.7. The first-order valence-corrected chi connectivity index (χ1v) is 8.12. The van der Waals surface area contributed by atoms with Crippen LogP contribution in [0.4, 0.5) is 0 Å². The van der Waals surface area contributed by atoms with E-state index in [1.54, 1.807) is 0 Å². The first-order chi connectivity index (χ1) is 11.8. The van der Waals surface area contributed by atoms with Crippen molar-refractivity contribution in [2.24, 2.45) is 0 Å². The van der Waals surface area contributed by atoms with Crippen molar-refractivity contribution in [2.75, 3.05) is 13.2 Å². The van der Waals surface area contributed by atoms with Crippen molar-refractivity contribution in [3.05, 3.63) is 90.5 Å². The second kappa shape index (κ2) is 8.06. The Kier molecular flexibility index (Phi) is 5.59. The van der Waals surface area contributed by atoms with E-state index >= 15 is 0 Å². The molecule has 0 spiro atoms. The minimum Gasteiger partial charge on any atom is -0.394 e. The number of hydrogen-bond acceptors (Lipinski definition) is 3. The van der Waals surface area contributed by atoms with Crippen molar-refractivity contribution >= 4 is 5.57 Å². The summed E-state index contributed by atoms with van der Waals surface area (Å²) in [4.78, 5) is 0. The maximum Gasteiger partial charge on any atom is 0.111 e. The molecule has 0 radical (unpaired) electrons. The number of hydrogen-bond donors (Lipinski definition) is 1. The smallest absolute Gasteiger partial charge is 0.111 e. The van der Waals surface area contributed by atoms with Gasteiger partial charge in [0.05, 0.1) is 13.2 Å². The Labute approximate surface area is 142 Å². The molecular weight excluding hydrogens is 300 g/mol. The Morgan fingerprint density at radius 2 is 1.67 bits per heavy atom. The van der Waals surface area contributed by atoms with Crippen molar-refractivity contribution < 1.29 is 14.6 Å². The predicted molar refractivity (Wildman–Crippen MR) is 95.5 cm³/mol. The molecule has 0 aliphatic carbocycles. The van der Waals surface area contributed by atoms with Gasteiger partial charge in [-0.25, -0.2) is 0 Å². The van der Waals surface area contributed by atoms with Crippen molar-refractivity contribution in [2.45, 2.75) is 18.3 Å². The van der Waals surface area contributed by atoms with Gasteiger partial charge in [-0.2, -0.15) is 0 Å². The molecule has 0 unspecified atom stereocenters. The molecule has 1 aliphatic rings. The van der Waals surface area contributed by atoms with Crippen LogP contribution in [0, 0.1) is 0 Å². The molecule has 0 saturated heterocycles. The van der Waals surface area contributed by atoms with Gasteiger partial charge in [-0.05, 0) is 16.7 Å². The quantitative estimate of drug-likeness (QED) is 0.823. The van der Waals surface area contributed by atoms with Crippen LogP contribution in [-0.2, 0) is 9.47 Å². The molecule has 0 amide bonds. The van der Waals surface area contributed by atoms with Crippen molar-refractivity contribution in [3.63, 3.8) is 0 Å². The van der Waals surface area contributed by atoms with E-state index in [2.05, 4.69) is 6.58 Å². The van der Waals surface area contributed by atoms with E-state index < -0.39 is 0 Å². The van der Waals surface area contributed by atoms with E-state index in [4.69, 9.17) is 9.47 Å². The molecular formula is C21H22O3. The fraction of sp³-hybridized carbons (Fsp3) is 0.238. The molecule has 0 bridgehead atoms. The van der Waals surface area contributed by atoms with Gasteiger partial charge in [0.2, 0.25) is 0 Å². The van der Waals surface area contributed by atoms with Crippen molar-refractivity contribution in [1.82, 2.24) is 0 Å². The molecule has 1 heterocycles. The zero-order valence-corrected chi connectivity index (χ0v) is 13.5. The predicted octanol–water partition coefficient (Wildman–Crippen LogP) is 3.77. The fourth-order valence-corrected chi connectivity index (χ4v) is 2.74. The Hall–Kier alpha value is -2.20. The molecule has 3 rings (SSSR count). The van der Waals surface area contributed by atoms with E-state index in [0.29, 0.717) is 6.61 Å². The van der Waals surface area contributed by atoms with E-state index in [0.717, 1.165) is 16.7 Å². The number of aliphatic hydroxyl groups is 1. The number of ether oxygens (including phenoxy) is 2. The van der Waals surface area contributed by atoms with Crippen LogP contribution in [0.3, 0.4) is 0 Å². The molecule has 1 N–H and O–H groups in total. The van der Waals surface area contributed by atoms with Crippen LogP contribution >= 0.6 is 0 Å². The molecule has 3 heteroatoms. The van der Waals surface area contributed by atoms with Gasteiger partial charge in [0, 0.05) is 0 Å². The molecule has 0 aromatic heterocycles. The van der Waals surface area contributed by atoms with Crippen LogP contribution in [-0.4, -0.2) is 30.5 Å². The molecule has 1 aliphatic heterocycles. The molecule has 2 aromatic carbocycles. The van der Waals surface area contributed by atoms with Crippen LogP contribution < -0.4 is 0 Å². The highest BCUT2D eigenvalue weighted by Crippen LogP contribution is 2.27. The van der Waals surface area contributed by atoms with Gasteiger partial charge in [0.15, 0.2) is 0 Å². The second-order valence-corrected chi connectivity index (χ2v) is 5.82. The van der Waals surface area contributed by atoms with Crippen LogP contribution in [0.1, 0.15) is 17.2 Å². The van der Waals surface area contributed by atoms with Gasteiger partial charge in [-0.3, -0.25) is 0 Å². The van der Waals surface area contributed by atoms with Gasteiger partial charge in [0.25, 0.3) is 0 Å². The average Bonchev–Trinajstić information content (AvgIpc) is 2.67. The molecule has 3 nitrogen and oxygen atoms in total. The second-order valence-electron chi connectivity index (χ2n) is 5.82. The minimum atomic E-state index is -0.385. The minimum absolute atomic E-state index is 0.0871. The van der Waals surface area contributed by atoms with Crippen LogP contribution in [0.2, 0.25) is 0 Å². The molecule has 0 fully saturated rings. The molecule has 124 valence electrons. The van der Waals surface area contributed by atoms with Gasteiger partial charge in [-0.1, -0.05) is 79.4 Å². The van der Waals surface area contributed by atoms with E-state index in [1.165, 1.54) is 0 Å². The summed E-state index contributed by atoms with van der Waals surface area (Å²) < 4.78 is 11.9. The van der Waals surface area contributed by atoms with Crippen molar-refractivity contribution in [3.8, 4) is 0 Å². The Balaban J connectivity index is 1.62. The monoisotopic (exact) mass is 322 g/mol. The number of rotatable bonds is 6. The van der Waals surface area contributed by atoms with Gasteiger partial charge in [0.1, 0.15) is 18.3 Å². The Morgan fingerprint density at radius 3 is 2.33 bits per heavy atom. The van der Waals surface area contributed by atoms with Crippen LogP contribution in [0.15, 0.2) is 79.4 Å². The Morgan fingerprint density at radius 1 is 1.00 bits per heavy atom. The van der Waals surface area contributed by atoms with E-state index in [-0.39, 0.29) is 24.9 Å². The fourth-order valence-electron chi connectivity index (χ4n) is 2.74. The third kappa shape index (κ3) is 4.01. The van der Waals surface area contributed by atoms with Crippen molar-refractivity contribution in [1.29, 1.82) is 0 Å². The molecule has 0 saturated carbocycles. The lowest BCUT2D eigenvalue weighted by Crippen LogP contribution is -2.37. The summed E-state index contributed by atoms with van der Waals surface area (Å²) in [5, 5.41) is 9.65. The molecule has 3 atom stereocenters. The third-order valence-corrected chi connectivity index (χ3v) is 4.10. The highest BCUT2D eigenvalue weighted by molar-refractivity contribution is 5.63. The maximum atomic E-state index is 9.65. The van der Waals surface area contributed by atoms with Gasteiger partial charge < -0.3 is 14.6 Å². The maximum absolute atomic E-state index is 9.65. The molecule has 2 aromatic rings. The average molecular weight is 322 g/mol. The lowest BCUT2D eigenvalue weighted by Gasteiger charge is -2.31. The SMILES string of the molecule is C=C(CO[C@@H]1C=C[C@@H](c2ccccc2)O[C@@H]1CO)c1ccccc1. The highest BCUT2D eigenvalue weighted by Gasteiger charge is 2.28. The Bertz CT molecular complexity index is 679. The first-order valence-electron chi connectivity index (χ1n) is 8.12. The summed E-state index contributed by atoms with van der Waals surface area (Å²) in [5.74, 6) is 0. The van der Waals surface area contributed by atoms with Crippen LogP contribution in [0.25, 0.3) is 5.57 Å². The van der Waals surface area contributed by atoms with Gasteiger partial charge >= 0.3 is 0 Å². The summed E-state index contributed by atoms with van der Waals surface area (Å²) in [6, 6.07) is 19.9. The third-order valence-electron chi connectivity index (χ3n) is 4.10. The normalized spacial score (nSPS) is 23.1. The lowest BCUT2D eigenvalue weighted by atomic mass is 10.0. The highest BCUT2D eigenvalue weighted by atomic mass is 16.6. The summed E-state index contributed by atoms with van der Waals surface area (Å²) in [7, 11) is 0. The van der Waals surface area contributed by atoms with E-state index in [1.807, 2.05) is 72.8 Å². The summed E-state index contributed by atoms with van der Waals surface area (Å²) in [6.45, 7) is 4.38. The van der Waals surface area contributed by atoms with Crippen LogP contribution in [0.5, 0.6) is 0 Å². The summed E-state index contributed by atoms with van der Waals surface area (Å²) >= 11 is 0.